The zero-order chi connectivity index (χ0) is 16.9. The van der Waals surface area contributed by atoms with E-state index in [4.69, 9.17) is 5.26 Å². The van der Waals surface area contributed by atoms with Gasteiger partial charge in [0, 0.05) is 32.7 Å². The molecule has 0 spiro atoms. The largest absolute Gasteiger partial charge is 0.339 e. The summed E-state index contributed by atoms with van der Waals surface area (Å²) in [6, 6.07) is 10.4. The third-order valence-corrected chi connectivity index (χ3v) is 4.15. The van der Waals surface area contributed by atoms with Gasteiger partial charge in [0.25, 0.3) is 5.82 Å². The highest BCUT2D eigenvalue weighted by molar-refractivity contribution is 5.76. The molecule has 2 aromatic rings. The van der Waals surface area contributed by atoms with Gasteiger partial charge >= 0.3 is 0 Å². The standard InChI is InChI=1S/C17H20N6O/c1-14-3-2-4-15(9-14)11-21-5-7-22(8-6-21)17(24)12-23-13-19-16(10-18)20-23/h2-4,9,13H,5-8,11-12H2,1H3. The van der Waals surface area contributed by atoms with Gasteiger partial charge in [0.1, 0.15) is 18.9 Å². The van der Waals surface area contributed by atoms with Crippen LogP contribution in [0.4, 0.5) is 0 Å². The molecule has 0 bridgehead atoms. The van der Waals surface area contributed by atoms with Gasteiger partial charge in [-0.3, -0.25) is 9.69 Å². The van der Waals surface area contributed by atoms with Crippen LogP contribution in [0.5, 0.6) is 0 Å². The summed E-state index contributed by atoms with van der Waals surface area (Å²) in [5.41, 5.74) is 2.58. The number of hydrogen-bond donors (Lipinski definition) is 0. The van der Waals surface area contributed by atoms with E-state index in [1.54, 1.807) is 0 Å². The Morgan fingerprint density at radius 2 is 2.08 bits per heavy atom. The molecule has 1 saturated heterocycles. The van der Waals surface area contributed by atoms with Gasteiger partial charge in [-0.05, 0) is 12.5 Å². The van der Waals surface area contributed by atoms with Crippen molar-refractivity contribution in [3.05, 3.63) is 47.5 Å². The molecule has 7 nitrogen and oxygen atoms in total. The van der Waals surface area contributed by atoms with Crippen LogP contribution in [0.2, 0.25) is 0 Å². The smallest absolute Gasteiger partial charge is 0.252 e. The third kappa shape index (κ3) is 3.97. The fraction of sp³-hybridized carbons (Fsp3) is 0.412. The SMILES string of the molecule is Cc1cccc(CN2CCN(C(=O)Cn3cnc(C#N)n3)CC2)c1. The number of amides is 1. The number of piperazine rings is 1. The molecular weight excluding hydrogens is 304 g/mol. The summed E-state index contributed by atoms with van der Waals surface area (Å²) in [7, 11) is 0. The van der Waals surface area contributed by atoms with E-state index in [-0.39, 0.29) is 18.3 Å². The summed E-state index contributed by atoms with van der Waals surface area (Å²) >= 11 is 0. The fourth-order valence-corrected chi connectivity index (χ4v) is 2.88. The molecule has 1 fully saturated rings. The van der Waals surface area contributed by atoms with Crippen LogP contribution in [0, 0.1) is 18.3 Å². The van der Waals surface area contributed by atoms with E-state index in [0.29, 0.717) is 13.1 Å². The number of benzene rings is 1. The lowest BCUT2D eigenvalue weighted by molar-refractivity contribution is -0.133. The molecule has 1 aromatic carbocycles. The number of aromatic nitrogens is 3. The highest BCUT2D eigenvalue weighted by Crippen LogP contribution is 2.10. The Morgan fingerprint density at radius 3 is 2.75 bits per heavy atom. The minimum Gasteiger partial charge on any atom is -0.339 e. The van der Waals surface area contributed by atoms with Crippen molar-refractivity contribution in [2.24, 2.45) is 0 Å². The summed E-state index contributed by atoms with van der Waals surface area (Å²) in [5.74, 6) is 0.102. The van der Waals surface area contributed by atoms with E-state index in [9.17, 15) is 4.79 Å². The fourth-order valence-electron chi connectivity index (χ4n) is 2.88. The van der Waals surface area contributed by atoms with E-state index < -0.39 is 0 Å². The summed E-state index contributed by atoms with van der Waals surface area (Å²) in [4.78, 5) is 20.3. The molecule has 2 heterocycles. The average molecular weight is 324 g/mol. The van der Waals surface area contributed by atoms with Gasteiger partial charge in [-0.2, -0.15) is 5.26 Å². The lowest BCUT2D eigenvalue weighted by Gasteiger charge is -2.34. The van der Waals surface area contributed by atoms with Crippen molar-refractivity contribution in [3.63, 3.8) is 0 Å². The van der Waals surface area contributed by atoms with Crippen LogP contribution in [-0.2, 0) is 17.9 Å². The average Bonchev–Trinajstić information content (AvgIpc) is 3.03. The summed E-state index contributed by atoms with van der Waals surface area (Å²) in [6.07, 6.45) is 1.42. The number of nitrogens with zero attached hydrogens (tertiary/aromatic N) is 6. The Balaban J connectivity index is 1.49. The lowest BCUT2D eigenvalue weighted by atomic mass is 10.1. The highest BCUT2D eigenvalue weighted by Gasteiger charge is 2.21. The Labute approximate surface area is 141 Å². The molecule has 0 unspecified atom stereocenters. The molecule has 0 aliphatic carbocycles. The maximum atomic E-state index is 12.3. The number of carbonyl (C=O) groups excluding carboxylic acids is 1. The Hall–Kier alpha value is -2.72. The van der Waals surface area contributed by atoms with Crippen LogP contribution in [0.25, 0.3) is 0 Å². The van der Waals surface area contributed by atoms with Crippen molar-refractivity contribution in [3.8, 4) is 6.07 Å². The van der Waals surface area contributed by atoms with Crippen molar-refractivity contribution in [2.45, 2.75) is 20.0 Å². The number of rotatable bonds is 4. The van der Waals surface area contributed by atoms with Gasteiger partial charge in [0.05, 0.1) is 0 Å². The quantitative estimate of drug-likeness (QED) is 0.831. The number of nitriles is 1. The first-order chi connectivity index (χ1) is 11.6. The molecule has 3 rings (SSSR count). The van der Waals surface area contributed by atoms with E-state index in [0.717, 1.165) is 19.6 Å². The van der Waals surface area contributed by atoms with Crippen LogP contribution in [0.3, 0.4) is 0 Å². The summed E-state index contributed by atoms with van der Waals surface area (Å²) in [5, 5.41) is 12.6. The molecule has 124 valence electrons. The van der Waals surface area contributed by atoms with Crippen LogP contribution in [0.15, 0.2) is 30.6 Å². The molecule has 1 aliphatic heterocycles. The normalized spacial score (nSPS) is 15.2. The molecule has 0 radical (unpaired) electrons. The molecular formula is C17H20N6O. The maximum absolute atomic E-state index is 12.3. The molecule has 1 aromatic heterocycles. The summed E-state index contributed by atoms with van der Waals surface area (Å²) < 4.78 is 1.42. The minimum atomic E-state index is 0.0135. The first-order valence-corrected chi connectivity index (χ1v) is 7.99. The lowest BCUT2D eigenvalue weighted by Crippen LogP contribution is -2.49. The Bertz CT molecular complexity index is 754. The van der Waals surface area contributed by atoms with Crippen LogP contribution >= 0.6 is 0 Å². The molecule has 1 aliphatic rings. The second-order valence-corrected chi connectivity index (χ2v) is 6.02. The van der Waals surface area contributed by atoms with Crippen molar-refractivity contribution >= 4 is 5.91 Å². The van der Waals surface area contributed by atoms with E-state index >= 15 is 0 Å². The zero-order valence-corrected chi connectivity index (χ0v) is 13.7. The van der Waals surface area contributed by atoms with E-state index in [2.05, 4.69) is 46.2 Å². The number of hydrogen-bond acceptors (Lipinski definition) is 5. The maximum Gasteiger partial charge on any atom is 0.252 e. The van der Waals surface area contributed by atoms with Crippen molar-refractivity contribution in [1.82, 2.24) is 24.6 Å². The monoisotopic (exact) mass is 324 g/mol. The first kappa shape index (κ1) is 16.1. The topological polar surface area (TPSA) is 78.0 Å². The molecule has 0 N–H and O–H groups in total. The predicted molar refractivity (Wildman–Crippen MR) is 87.8 cm³/mol. The van der Waals surface area contributed by atoms with Crippen molar-refractivity contribution < 1.29 is 4.79 Å². The molecule has 0 atom stereocenters. The van der Waals surface area contributed by atoms with Gasteiger partial charge < -0.3 is 4.90 Å². The van der Waals surface area contributed by atoms with E-state index in [1.165, 1.54) is 22.1 Å². The second kappa shape index (κ2) is 7.23. The van der Waals surface area contributed by atoms with Crippen LogP contribution in [-0.4, -0.2) is 56.7 Å². The highest BCUT2D eigenvalue weighted by atomic mass is 16.2. The van der Waals surface area contributed by atoms with Gasteiger partial charge in [0.15, 0.2) is 0 Å². The first-order valence-electron chi connectivity index (χ1n) is 7.99. The minimum absolute atomic E-state index is 0.0135. The van der Waals surface area contributed by atoms with Crippen molar-refractivity contribution in [1.29, 1.82) is 5.26 Å². The second-order valence-electron chi connectivity index (χ2n) is 6.02. The third-order valence-electron chi connectivity index (χ3n) is 4.15. The van der Waals surface area contributed by atoms with E-state index in [1.807, 2.05) is 11.0 Å². The number of aryl methyl sites for hydroxylation is 1. The van der Waals surface area contributed by atoms with Gasteiger partial charge in [-0.1, -0.05) is 29.8 Å². The molecule has 7 heteroatoms. The summed E-state index contributed by atoms with van der Waals surface area (Å²) in [6.45, 7) is 6.29. The molecule has 0 saturated carbocycles. The zero-order valence-electron chi connectivity index (χ0n) is 13.7. The Kier molecular flexibility index (Phi) is 4.87. The van der Waals surface area contributed by atoms with Crippen LogP contribution in [0.1, 0.15) is 17.0 Å². The van der Waals surface area contributed by atoms with Gasteiger partial charge in [-0.15, -0.1) is 5.10 Å². The number of carbonyl (C=O) groups is 1. The molecule has 1 amide bonds. The van der Waals surface area contributed by atoms with Crippen molar-refractivity contribution in [2.75, 3.05) is 26.2 Å². The molecule has 24 heavy (non-hydrogen) atoms. The van der Waals surface area contributed by atoms with Crippen LogP contribution < -0.4 is 0 Å². The predicted octanol–water partition coefficient (Wildman–Crippen LogP) is 0.803. The van der Waals surface area contributed by atoms with Gasteiger partial charge in [0.2, 0.25) is 5.91 Å². The Morgan fingerprint density at radius 1 is 1.29 bits per heavy atom. The van der Waals surface area contributed by atoms with Gasteiger partial charge in [-0.25, -0.2) is 9.67 Å².